The summed E-state index contributed by atoms with van der Waals surface area (Å²) in [4.78, 5) is 0. The van der Waals surface area contributed by atoms with E-state index in [0.29, 0.717) is 0 Å². The highest BCUT2D eigenvalue weighted by Crippen LogP contribution is 2.44. The quantitative estimate of drug-likeness (QED) is 0.188. The molecule has 0 radical (unpaired) electrons. The fourth-order valence-corrected chi connectivity index (χ4v) is 8.48. The van der Waals surface area contributed by atoms with Gasteiger partial charge in [0.05, 0.1) is 16.6 Å². The summed E-state index contributed by atoms with van der Waals surface area (Å²) in [5.41, 5.74) is 9.61. The Morgan fingerprint density at radius 2 is 1.40 bits per heavy atom. The minimum Gasteiger partial charge on any atom is -0.388 e. The third-order valence-corrected chi connectivity index (χ3v) is 10.5. The lowest BCUT2D eigenvalue weighted by Crippen LogP contribution is -2.05. The monoisotopic (exact) mass is 624 g/mol. The normalized spacial score (nSPS) is 12.6. The number of hydrogen-bond donors (Lipinski definition) is 1. The van der Waals surface area contributed by atoms with Crippen molar-refractivity contribution in [1.82, 2.24) is 9.72 Å². The SMILES string of the molecule is C=C/C(=C(\C=C/C)NC)c1ccc2cc3c(cc2c1)c1cc(-c2ccc4c(c2)sc2ccccc24)cc2c4ccccc4n3c21.CC. The van der Waals surface area contributed by atoms with Crippen LogP contribution in [0.5, 0.6) is 0 Å². The molecule has 1 N–H and O–H groups in total. The number of rotatable bonds is 5. The maximum absolute atomic E-state index is 4.14. The Morgan fingerprint density at radius 1 is 0.660 bits per heavy atom. The number of aromatic nitrogens is 1. The van der Waals surface area contributed by atoms with E-state index in [2.05, 4.69) is 138 Å². The molecule has 3 heteroatoms. The maximum atomic E-state index is 4.14. The van der Waals surface area contributed by atoms with Gasteiger partial charge in [-0.3, -0.25) is 0 Å². The molecule has 3 heterocycles. The van der Waals surface area contributed by atoms with Crippen molar-refractivity contribution in [2.24, 2.45) is 0 Å². The van der Waals surface area contributed by atoms with Gasteiger partial charge in [-0.1, -0.05) is 93.2 Å². The minimum absolute atomic E-state index is 1.06. The van der Waals surface area contributed by atoms with Gasteiger partial charge in [-0.15, -0.1) is 11.3 Å². The third kappa shape index (κ3) is 4.38. The molecule has 0 saturated heterocycles. The molecule has 0 aliphatic rings. The summed E-state index contributed by atoms with van der Waals surface area (Å²) in [6, 6.07) is 40.8. The summed E-state index contributed by atoms with van der Waals surface area (Å²) >= 11 is 1.88. The third-order valence-electron chi connectivity index (χ3n) is 9.37. The predicted molar refractivity (Wildman–Crippen MR) is 209 cm³/mol. The first kappa shape index (κ1) is 29.1. The molecule has 9 aromatic rings. The van der Waals surface area contributed by atoms with Gasteiger partial charge in [0.25, 0.3) is 0 Å². The molecule has 0 aliphatic heterocycles. The van der Waals surface area contributed by atoms with Gasteiger partial charge >= 0.3 is 0 Å². The molecule has 228 valence electrons. The number of para-hydroxylation sites is 1. The molecule has 6 aromatic carbocycles. The Hall–Kier alpha value is -5.38. The molecule has 3 aromatic heterocycles. The van der Waals surface area contributed by atoms with Crippen molar-refractivity contribution in [3.8, 4) is 11.1 Å². The zero-order valence-electron chi connectivity index (χ0n) is 27.2. The molecule has 47 heavy (non-hydrogen) atoms. The van der Waals surface area contributed by atoms with Crippen molar-refractivity contribution in [3.05, 3.63) is 145 Å². The van der Waals surface area contributed by atoms with Gasteiger partial charge in [-0.2, -0.15) is 0 Å². The van der Waals surface area contributed by atoms with Gasteiger partial charge in [0.1, 0.15) is 0 Å². The fraction of sp³-hybridized carbons (Fsp3) is 0.0909. The number of hydrogen-bond acceptors (Lipinski definition) is 2. The Balaban J connectivity index is 0.00000159. The van der Waals surface area contributed by atoms with Crippen LogP contribution in [0.3, 0.4) is 0 Å². The highest BCUT2D eigenvalue weighted by atomic mass is 32.1. The van der Waals surface area contributed by atoms with Crippen LogP contribution in [0.25, 0.3) is 85.7 Å². The van der Waals surface area contributed by atoms with E-state index in [-0.39, 0.29) is 0 Å². The number of likely N-dealkylation sites (N-methyl/N-ethyl adjacent to an activating group) is 1. The lowest BCUT2D eigenvalue weighted by Gasteiger charge is -2.11. The molecule has 0 saturated carbocycles. The zero-order valence-corrected chi connectivity index (χ0v) is 28.0. The second-order valence-corrected chi connectivity index (χ2v) is 12.9. The van der Waals surface area contributed by atoms with E-state index in [4.69, 9.17) is 0 Å². The number of allylic oxidation sites excluding steroid dienone is 4. The lowest BCUT2D eigenvalue weighted by atomic mass is 9.96. The summed E-state index contributed by atoms with van der Waals surface area (Å²) in [6.07, 6.45) is 6.10. The number of fused-ring (bicyclic) bond motifs is 10. The first-order valence-electron chi connectivity index (χ1n) is 16.4. The standard InChI is InChI=1S/C42H30N2S.C2H6/c1-4-10-37(43-3)30(5-2)27-16-15-25-23-39-34(20-28(25)19-27)36-22-29(21-35-31-11-6-8-13-38(31)44(39)42(35)36)26-17-18-33-32-12-7-9-14-40(32)45-41(33)24-26;1-2/h4-24,43H,2H2,1,3H3;1-2H3/b10-4-,37-30-;. The molecule has 0 unspecified atom stereocenters. The number of benzene rings is 6. The first-order valence-corrected chi connectivity index (χ1v) is 17.2. The van der Waals surface area contributed by atoms with E-state index in [1.54, 1.807) is 0 Å². The van der Waals surface area contributed by atoms with E-state index in [1.165, 1.54) is 80.2 Å². The van der Waals surface area contributed by atoms with E-state index >= 15 is 0 Å². The van der Waals surface area contributed by atoms with Crippen LogP contribution in [0.15, 0.2) is 140 Å². The highest BCUT2D eigenvalue weighted by Gasteiger charge is 2.20. The molecule has 0 aliphatic carbocycles. The maximum Gasteiger partial charge on any atom is 0.0620 e. The van der Waals surface area contributed by atoms with Gasteiger partial charge in [0.15, 0.2) is 0 Å². The van der Waals surface area contributed by atoms with Crippen molar-refractivity contribution in [3.63, 3.8) is 0 Å². The Labute approximate surface area is 278 Å². The highest BCUT2D eigenvalue weighted by molar-refractivity contribution is 7.25. The van der Waals surface area contributed by atoms with Gasteiger partial charge in [-0.05, 0) is 89.0 Å². The lowest BCUT2D eigenvalue weighted by molar-refractivity contribution is 1.04. The van der Waals surface area contributed by atoms with Crippen molar-refractivity contribution in [1.29, 1.82) is 0 Å². The smallest absolute Gasteiger partial charge is 0.0620 e. The van der Waals surface area contributed by atoms with Gasteiger partial charge in [0.2, 0.25) is 0 Å². The van der Waals surface area contributed by atoms with Crippen LogP contribution in [-0.4, -0.2) is 11.4 Å². The second-order valence-electron chi connectivity index (χ2n) is 11.8. The number of nitrogens with one attached hydrogen (secondary N) is 1. The Morgan fingerprint density at radius 3 is 2.19 bits per heavy atom. The minimum atomic E-state index is 1.06. The van der Waals surface area contributed by atoms with E-state index < -0.39 is 0 Å². The van der Waals surface area contributed by atoms with Gasteiger partial charge in [-0.25, -0.2) is 0 Å². The molecule has 2 nitrogen and oxygen atoms in total. The van der Waals surface area contributed by atoms with Crippen LogP contribution in [0, 0.1) is 0 Å². The number of nitrogens with zero attached hydrogens (tertiary/aromatic N) is 1. The summed E-state index contributed by atoms with van der Waals surface area (Å²) in [7, 11) is 1.96. The molecule has 0 amide bonds. The van der Waals surface area contributed by atoms with Crippen LogP contribution in [0.2, 0.25) is 0 Å². The van der Waals surface area contributed by atoms with Crippen LogP contribution >= 0.6 is 11.3 Å². The average Bonchev–Trinajstić information content (AvgIpc) is 3.77. The van der Waals surface area contributed by atoms with Crippen molar-refractivity contribution >= 4 is 85.9 Å². The molecular weight excluding hydrogens is 589 g/mol. The average molecular weight is 625 g/mol. The van der Waals surface area contributed by atoms with Crippen LogP contribution < -0.4 is 5.32 Å². The molecule has 0 spiro atoms. The Bertz CT molecular complexity index is 2710. The molecule has 9 rings (SSSR count). The van der Waals surface area contributed by atoms with Crippen molar-refractivity contribution in [2.75, 3.05) is 7.05 Å². The van der Waals surface area contributed by atoms with Crippen LogP contribution in [0.4, 0.5) is 0 Å². The topological polar surface area (TPSA) is 16.4 Å². The summed E-state index contributed by atoms with van der Waals surface area (Å²) in [5, 5.41) is 13.6. The molecular formula is C44H36N2S. The zero-order chi connectivity index (χ0) is 32.2. The van der Waals surface area contributed by atoms with E-state index in [1.807, 2.05) is 45.2 Å². The number of thiophene rings is 1. The van der Waals surface area contributed by atoms with Gasteiger partial charge < -0.3 is 9.72 Å². The Kier molecular flexibility index (Phi) is 7.08. The predicted octanol–water partition coefficient (Wildman–Crippen LogP) is 12.7. The largest absolute Gasteiger partial charge is 0.388 e. The summed E-state index contributed by atoms with van der Waals surface area (Å²) in [6.45, 7) is 10.2. The van der Waals surface area contributed by atoms with E-state index in [9.17, 15) is 0 Å². The summed E-state index contributed by atoms with van der Waals surface area (Å²) in [5.74, 6) is 0. The molecule has 0 bridgehead atoms. The van der Waals surface area contributed by atoms with Crippen LogP contribution in [-0.2, 0) is 0 Å². The van der Waals surface area contributed by atoms with Crippen LogP contribution in [0.1, 0.15) is 26.3 Å². The van der Waals surface area contributed by atoms with Crippen molar-refractivity contribution < 1.29 is 0 Å². The molecule has 0 atom stereocenters. The second kappa shape index (κ2) is 11.5. The molecule has 0 fully saturated rings. The summed E-state index contributed by atoms with van der Waals surface area (Å²) < 4.78 is 5.14. The van der Waals surface area contributed by atoms with Gasteiger partial charge in [0, 0.05) is 60.0 Å². The van der Waals surface area contributed by atoms with E-state index in [0.717, 1.165) is 16.8 Å². The fourth-order valence-electron chi connectivity index (χ4n) is 7.34. The first-order chi connectivity index (χ1) is 23.2. The van der Waals surface area contributed by atoms with Crippen molar-refractivity contribution in [2.45, 2.75) is 20.8 Å².